The summed E-state index contributed by atoms with van der Waals surface area (Å²) in [5.41, 5.74) is 4.18. The Balaban J connectivity index is 1.67. The van der Waals surface area contributed by atoms with E-state index in [9.17, 15) is 19.5 Å². The number of hydrogen-bond acceptors (Lipinski definition) is 6. The van der Waals surface area contributed by atoms with Crippen LogP contribution in [0.25, 0.3) is 5.57 Å². The fourth-order valence-corrected chi connectivity index (χ4v) is 4.73. The molecule has 0 saturated carbocycles. The molecule has 2 heterocycles. The minimum absolute atomic E-state index is 0.0113. The molecule has 3 amide bonds. The normalized spacial score (nSPS) is 18.0. The second-order valence-electron chi connectivity index (χ2n) is 7.00. The summed E-state index contributed by atoms with van der Waals surface area (Å²) in [5.74, 6) is -1.71. The van der Waals surface area contributed by atoms with Crippen LogP contribution in [0.2, 0.25) is 0 Å². The molecule has 2 aliphatic heterocycles. The zero-order chi connectivity index (χ0) is 22.1. The molecule has 0 bridgehead atoms. The van der Waals surface area contributed by atoms with Gasteiger partial charge in [-0.2, -0.15) is 5.01 Å². The summed E-state index contributed by atoms with van der Waals surface area (Å²) in [7, 11) is 0. The molecule has 9 heteroatoms. The molecule has 0 spiro atoms. The first-order valence-corrected chi connectivity index (χ1v) is 11.0. The first-order valence-electron chi connectivity index (χ1n) is 9.74. The van der Waals surface area contributed by atoms with E-state index in [1.54, 1.807) is 17.0 Å². The van der Waals surface area contributed by atoms with Crippen LogP contribution in [0, 0.1) is 0 Å². The first-order chi connectivity index (χ1) is 14.9. The van der Waals surface area contributed by atoms with E-state index in [0.717, 1.165) is 35.3 Å². The molecule has 0 atom stereocenters. The van der Waals surface area contributed by atoms with E-state index in [1.807, 2.05) is 31.2 Å². The van der Waals surface area contributed by atoms with Crippen molar-refractivity contribution in [1.82, 2.24) is 10.4 Å². The number of carbonyl (C=O) groups excluding carboxylic acids is 3. The van der Waals surface area contributed by atoms with Crippen molar-refractivity contribution in [1.29, 1.82) is 0 Å². The van der Waals surface area contributed by atoms with Crippen LogP contribution in [-0.4, -0.2) is 38.7 Å². The summed E-state index contributed by atoms with van der Waals surface area (Å²) in [6, 6.07) is 13.3. The highest BCUT2D eigenvalue weighted by atomic mass is 32.2. The molecule has 1 fully saturated rings. The van der Waals surface area contributed by atoms with Gasteiger partial charge < -0.3 is 10.0 Å². The number of fused-ring (bicyclic) bond motifs is 1. The van der Waals surface area contributed by atoms with Crippen LogP contribution in [0.5, 0.6) is 5.75 Å². The standard InChI is InChI=1S/C22H19N3O4S2/c1-2-3-12-24-15-10-6-4-8-13(15)17(20(24)28)18-21(29)25(22(30)31-18)23-19(27)14-9-5-7-11-16(14)26/h4-11,26H,2-3,12H2,1H3,(H,23,27)/b18-17+. The number of nitrogens with one attached hydrogen (secondary N) is 1. The molecule has 2 aliphatic rings. The zero-order valence-corrected chi connectivity index (χ0v) is 18.3. The molecular weight excluding hydrogens is 434 g/mol. The van der Waals surface area contributed by atoms with Gasteiger partial charge in [0.05, 0.1) is 21.7 Å². The lowest BCUT2D eigenvalue weighted by atomic mass is 10.1. The number of para-hydroxylation sites is 2. The van der Waals surface area contributed by atoms with Crippen LogP contribution < -0.4 is 10.3 Å². The number of nitrogens with zero attached hydrogens (tertiary/aromatic N) is 2. The van der Waals surface area contributed by atoms with Gasteiger partial charge in [0, 0.05) is 12.1 Å². The number of amides is 3. The Morgan fingerprint density at radius 1 is 1.10 bits per heavy atom. The number of rotatable bonds is 5. The lowest BCUT2D eigenvalue weighted by Gasteiger charge is -2.16. The van der Waals surface area contributed by atoms with Gasteiger partial charge in [0.2, 0.25) is 0 Å². The molecule has 4 rings (SSSR count). The number of hydrogen-bond donors (Lipinski definition) is 2. The second-order valence-corrected chi connectivity index (χ2v) is 8.64. The number of phenolic OH excluding ortho intramolecular Hbond substituents is 1. The van der Waals surface area contributed by atoms with E-state index >= 15 is 0 Å². The number of anilines is 1. The van der Waals surface area contributed by atoms with Gasteiger partial charge in [-0.15, -0.1) is 0 Å². The van der Waals surface area contributed by atoms with Crippen molar-refractivity contribution in [2.24, 2.45) is 0 Å². The molecule has 158 valence electrons. The molecule has 1 saturated heterocycles. The quantitative estimate of drug-likeness (QED) is 0.532. The largest absolute Gasteiger partial charge is 0.507 e. The predicted octanol–water partition coefficient (Wildman–Crippen LogP) is 3.46. The number of aromatic hydroxyl groups is 1. The molecule has 2 aromatic rings. The second kappa shape index (κ2) is 8.52. The monoisotopic (exact) mass is 453 g/mol. The Kier molecular flexibility index (Phi) is 5.79. The maximum Gasteiger partial charge on any atom is 0.286 e. The molecular formula is C22H19N3O4S2. The fraction of sp³-hybridized carbons (Fsp3) is 0.182. The topological polar surface area (TPSA) is 90.0 Å². The van der Waals surface area contributed by atoms with Crippen molar-refractivity contribution < 1.29 is 19.5 Å². The van der Waals surface area contributed by atoms with Crippen molar-refractivity contribution >= 4 is 57.3 Å². The van der Waals surface area contributed by atoms with Crippen LogP contribution in [0.1, 0.15) is 35.7 Å². The molecule has 2 N–H and O–H groups in total. The zero-order valence-electron chi connectivity index (χ0n) is 16.6. The van der Waals surface area contributed by atoms with Crippen LogP contribution in [0.4, 0.5) is 5.69 Å². The van der Waals surface area contributed by atoms with Gasteiger partial charge in [-0.25, -0.2) is 0 Å². The van der Waals surface area contributed by atoms with Gasteiger partial charge in [0.1, 0.15) is 5.75 Å². The van der Waals surface area contributed by atoms with E-state index in [-0.39, 0.29) is 26.4 Å². The Labute approximate surface area is 188 Å². The lowest BCUT2D eigenvalue weighted by molar-refractivity contribution is -0.124. The smallest absolute Gasteiger partial charge is 0.286 e. The number of hydrazine groups is 1. The number of unbranched alkanes of at least 4 members (excludes halogenated alkanes) is 1. The van der Waals surface area contributed by atoms with Crippen LogP contribution in [0.15, 0.2) is 53.4 Å². The predicted molar refractivity (Wildman–Crippen MR) is 123 cm³/mol. The number of carbonyl (C=O) groups is 3. The molecule has 31 heavy (non-hydrogen) atoms. The number of phenols is 1. The van der Waals surface area contributed by atoms with Crippen molar-refractivity contribution in [3.8, 4) is 5.75 Å². The van der Waals surface area contributed by atoms with E-state index in [1.165, 1.54) is 12.1 Å². The third kappa shape index (κ3) is 3.70. The molecule has 2 aromatic carbocycles. The minimum Gasteiger partial charge on any atom is -0.507 e. The average molecular weight is 454 g/mol. The Morgan fingerprint density at radius 3 is 2.55 bits per heavy atom. The van der Waals surface area contributed by atoms with Gasteiger partial charge in [0.25, 0.3) is 17.7 Å². The molecule has 0 radical (unpaired) electrons. The Morgan fingerprint density at radius 2 is 1.81 bits per heavy atom. The minimum atomic E-state index is -0.677. The molecule has 0 unspecified atom stereocenters. The molecule has 0 aromatic heterocycles. The van der Waals surface area contributed by atoms with Crippen LogP contribution in [-0.2, 0) is 9.59 Å². The van der Waals surface area contributed by atoms with Crippen LogP contribution in [0.3, 0.4) is 0 Å². The van der Waals surface area contributed by atoms with E-state index in [0.29, 0.717) is 17.7 Å². The number of thiocarbonyl (C=S) groups is 1. The SMILES string of the molecule is CCCCN1C(=O)/C(=C2/SC(=S)N(NC(=O)c3ccccc3O)C2=O)c2ccccc21. The first kappa shape index (κ1) is 21.1. The summed E-state index contributed by atoms with van der Waals surface area (Å²) in [6.45, 7) is 2.60. The van der Waals surface area contributed by atoms with E-state index < -0.39 is 11.8 Å². The van der Waals surface area contributed by atoms with Gasteiger partial charge in [-0.3, -0.25) is 19.8 Å². The summed E-state index contributed by atoms with van der Waals surface area (Å²) in [4.78, 5) is 40.8. The van der Waals surface area contributed by atoms with Crippen molar-refractivity contribution in [2.45, 2.75) is 19.8 Å². The third-order valence-electron chi connectivity index (χ3n) is 5.02. The summed E-state index contributed by atoms with van der Waals surface area (Å²) < 4.78 is 0.105. The number of thioether (sulfide) groups is 1. The maximum absolute atomic E-state index is 13.2. The van der Waals surface area contributed by atoms with Gasteiger partial charge in [-0.05, 0) is 36.8 Å². The number of benzene rings is 2. The van der Waals surface area contributed by atoms with E-state index in [4.69, 9.17) is 12.2 Å². The third-order valence-corrected chi connectivity index (χ3v) is 6.39. The van der Waals surface area contributed by atoms with Gasteiger partial charge >= 0.3 is 0 Å². The highest BCUT2D eigenvalue weighted by Crippen LogP contribution is 2.44. The Hall–Kier alpha value is -3.17. The Bertz CT molecular complexity index is 1150. The van der Waals surface area contributed by atoms with Gasteiger partial charge in [-0.1, -0.05) is 55.4 Å². The molecule has 7 nitrogen and oxygen atoms in total. The summed E-state index contributed by atoms with van der Waals surface area (Å²) in [5, 5.41) is 10.8. The lowest BCUT2D eigenvalue weighted by Crippen LogP contribution is -2.45. The highest BCUT2D eigenvalue weighted by Gasteiger charge is 2.42. The van der Waals surface area contributed by atoms with Crippen molar-refractivity contribution in [3.05, 3.63) is 64.6 Å². The van der Waals surface area contributed by atoms with Crippen LogP contribution >= 0.6 is 24.0 Å². The fourth-order valence-electron chi connectivity index (χ4n) is 3.48. The average Bonchev–Trinajstić information content (AvgIpc) is 3.19. The van der Waals surface area contributed by atoms with Crippen molar-refractivity contribution in [2.75, 3.05) is 11.4 Å². The highest BCUT2D eigenvalue weighted by molar-refractivity contribution is 8.26. The molecule has 0 aliphatic carbocycles. The summed E-state index contributed by atoms with van der Waals surface area (Å²) in [6.07, 6.45) is 1.77. The maximum atomic E-state index is 13.2. The van der Waals surface area contributed by atoms with Gasteiger partial charge in [0.15, 0.2) is 4.32 Å². The van der Waals surface area contributed by atoms with Crippen molar-refractivity contribution in [3.63, 3.8) is 0 Å². The van der Waals surface area contributed by atoms with E-state index in [2.05, 4.69) is 5.43 Å². The summed E-state index contributed by atoms with van der Waals surface area (Å²) >= 11 is 6.28.